The predicted molar refractivity (Wildman–Crippen MR) is 113 cm³/mol. The second-order valence-corrected chi connectivity index (χ2v) is 6.99. The standard InChI is InChI=1S/C23H24FNO7/c1-4-32-18-11-13(5-7-16(18)26)20-19(22(28)23(29)25(20)9-10-30-2)21(27)15-12-14(24)6-8-17(15)31-3/h5-8,11-12,20,26-27H,4,9-10H2,1-3H3/b21-19+. The first-order valence-corrected chi connectivity index (χ1v) is 9.91. The van der Waals surface area contributed by atoms with Gasteiger partial charge in [0.2, 0.25) is 0 Å². The molecule has 170 valence electrons. The Morgan fingerprint density at radius 1 is 1.12 bits per heavy atom. The molecule has 1 fully saturated rings. The third-order valence-corrected chi connectivity index (χ3v) is 5.09. The molecule has 0 bridgehead atoms. The first-order valence-electron chi connectivity index (χ1n) is 9.91. The highest BCUT2D eigenvalue weighted by atomic mass is 19.1. The zero-order chi connectivity index (χ0) is 23.4. The van der Waals surface area contributed by atoms with Crippen molar-refractivity contribution >= 4 is 17.4 Å². The van der Waals surface area contributed by atoms with Gasteiger partial charge in [-0.2, -0.15) is 0 Å². The molecule has 2 N–H and O–H groups in total. The quantitative estimate of drug-likeness (QED) is 0.366. The average Bonchev–Trinajstić information content (AvgIpc) is 3.03. The van der Waals surface area contributed by atoms with Gasteiger partial charge in [-0.05, 0) is 42.8 Å². The Bertz CT molecular complexity index is 1070. The molecule has 1 heterocycles. The van der Waals surface area contributed by atoms with Crippen molar-refractivity contribution in [1.82, 2.24) is 4.90 Å². The van der Waals surface area contributed by atoms with Gasteiger partial charge in [-0.25, -0.2) is 4.39 Å². The monoisotopic (exact) mass is 445 g/mol. The molecule has 1 atom stereocenters. The number of hydrogen-bond donors (Lipinski definition) is 2. The van der Waals surface area contributed by atoms with E-state index in [0.29, 0.717) is 5.56 Å². The molecule has 0 aliphatic carbocycles. The van der Waals surface area contributed by atoms with Gasteiger partial charge < -0.3 is 29.3 Å². The SMILES string of the molecule is CCOc1cc(C2/C(=C(\O)c3cc(F)ccc3OC)C(=O)C(=O)N2CCOC)ccc1O. The van der Waals surface area contributed by atoms with Crippen LogP contribution >= 0.6 is 0 Å². The van der Waals surface area contributed by atoms with Gasteiger partial charge in [-0.15, -0.1) is 0 Å². The van der Waals surface area contributed by atoms with E-state index in [-0.39, 0.29) is 48.1 Å². The molecule has 0 saturated carbocycles. The lowest BCUT2D eigenvalue weighted by atomic mass is 9.94. The van der Waals surface area contributed by atoms with Crippen LogP contribution in [0.25, 0.3) is 5.76 Å². The Hall–Kier alpha value is -3.59. The zero-order valence-electron chi connectivity index (χ0n) is 17.9. The highest BCUT2D eigenvalue weighted by Gasteiger charge is 2.46. The number of ether oxygens (including phenoxy) is 3. The topological polar surface area (TPSA) is 106 Å². The number of carbonyl (C=O) groups excluding carboxylic acids is 2. The van der Waals surface area contributed by atoms with E-state index in [1.807, 2.05) is 0 Å². The predicted octanol–water partition coefficient (Wildman–Crippen LogP) is 3.01. The summed E-state index contributed by atoms with van der Waals surface area (Å²) in [5, 5.41) is 21.1. The highest BCUT2D eigenvalue weighted by Crippen LogP contribution is 2.42. The number of phenolic OH excluding ortho intramolecular Hbond substituents is 1. The molecule has 32 heavy (non-hydrogen) atoms. The molecule has 3 rings (SSSR count). The number of Topliss-reactive ketones (excluding diaryl/α,β-unsaturated/α-hetero) is 1. The molecule has 0 aromatic heterocycles. The van der Waals surface area contributed by atoms with E-state index in [1.54, 1.807) is 6.92 Å². The third kappa shape index (κ3) is 4.24. The zero-order valence-corrected chi connectivity index (χ0v) is 17.9. The van der Waals surface area contributed by atoms with Gasteiger partial charge in [0, 0.05) is 13.7 Å². The second kappa shape index (κ2) is 9.69. The second-order valence-electron chi connectivity index (χ2n) is 6.99. The van der Waals surface area contributed by atoms with Crippen LogP contribution in [0.3, 0.4) is 0 Å². The Kier molecular flexibility index (Phi) is 6.99. The van der Waals surface area contributed by atoms with Crippen molar-refractivity contribution in [1.29, 1.82) is 0 Å². The maximum absolute atomic E-state index is 13.9. The summed E-state index contributed by atoms with van der Waals surface area (Å²) in [5.74, 6) is -2.82. The lowest BCUT2D eigenvalue weighted by Crippen LogP contribution is -2.32. The fourth-order valence-corrected chi connectivity index (χ4v) is 3.63. The van der Waals surface area contributed by atoms with Gasteiger partial charge in [0.05, 0.1) is 37.5 Å². The number of halogens is 1. The molecule has 1 aliphatic rings. The van der Waals surface area contributed by atoms with Crippen molar-refractivity contribution in [2.75, 3.05) is 34.0 Å². The summed E-state index contributed by atoms with van der Waals surface area (Å²) in [6.07, 6.45) is 0. The van der Waals surface area contributed by atoms with E-state index in [0.717, 1.165) is 12.1 Å². The van der Waals surface area contributed by atoms with Gasteiger partial charge >= 0.3 is 0 Å². The number of methoxy groups -OCH3 is 2. The molecule has 1 aliphatic heterocycles. The number of phenols is 1. The van der Waals surface area contributed by atoms with Crippen LogP contribution in [0.5, 0.6) is 17.2 Å². The third-order valence-electron chi connectivity index (χ3n) is 5.09. The highest BCUT2D eigenvalue weighted by molar-refractivity contribution is 6.46. The number of amides is 1. The van der Waals surface area contributed by atoms with E-state index < -0.39 is 29.3 Å². The average molecular weight is 445 g/mol. The van der Waals surface area contributed by atoms with E-state index >= 15 is 0 Å². The molecule has 1 saturated heterocycles. The van der Waals surface area contributed by atoms with Gasteiger partial charge in [-0.1, -0.05) is 6.07 Å². The summed E-state index contributed by atoms with van der Waals surface area (Å²) in [5.41, 5.74) is 0.118. The lowest BCUT2D eigenvalue weighted by molar-refractivity contribution is -0.140. The molecule has 2 aromatic rings. The Morgan fingerprint density at radius 2 is 1.88 bits per heavy atom. The van der Waals surface area contributed by atoms with Crippen molar-refractivity contribution in [2.24, 2.45) is 0 Å². The summed E-state index contributed by atoms with van der Waals surface area (Å²) in [7, 11) is 2.80. The maximum Gasteiger partial charge on any atom is 0.295 e. The number of ketones is 1. The minimum Gasteiger partial charge on any atom is -0.507 e. The van der Waals surface area contributed by atoms with Crippen LogP contribution in [0.2, 0.25) is 0 Å². The fraction of sp³-hybridized carbons (Fsp3) is 0.304. The molecule has 2 aromatic carbocycles. The molecule has 0 spiro atoms. The number of aliphatic hydroxyl groups is 1. The summed E-state index contributed by atoms with van der Waals surface area (Å²) in [6.45, 7) is 2.23. The van der Waals surface area contributed by atoms with Crippen LogP contribution in [0.4, 0.5) is 4.39 Å². The van der Waals surface area contributed by atoms with Crippen LogP contribution in [0.15, 0.2) is 42.0 Å². The molecular weight excluding hydrogens is 421 g/mol. The van der Waals surface area contributed by atoms with Crippen molar-refractivity contribution in [2.45, 2.75) is 13.0 Å². The normalized spacial score (nSPS) is 17.6. The molecule has 9 heteroatoms. The summed E-state index contributed by atoms with van der Waals surface area (Å²) in [6, 6.07) is 6.86. The molecule has 1 amide bonds. The number of rotatable bonds is 8. The van der Waals surface area contributed by atoms with E-state index in [4.69, 9.17) is 14.2 Å². The van der Waals surface area contributed by atoms with Crippen LogP contribution in [-0.2, 0) is 14.3 Å². The van der Waals surface area contributed by atoms with Gasteiger partial charge in [0.1, 0.15) is 17.3 Å². The molecular formula is C23H24FNO7. The number of aliphatic hydroxyl groups excluding tert-OH is 1. The van der Waals surface area contributed by atoms with Gasteiger partial charge in [0.25, 0.3) is 11.7 Å². The van der Waals surface area contributed by atoms with Crippen molar-refractivity contribution in [3.63, 3.8) is 0 Å². The Balaban J connectivity index is 2.24. The molecule has 0 radical (unpaired) electrons. The van der Waals surface area contributed by atoms with Crippen LogP contribution in [0, 0.1) is 5.82 Å². The molecule has 8 nitrogen and oxygen atoms in total. The van der Waals surface area contributed by atoms with Crippen LogP contribution in [-0.4, -0.2) is 60.8 Å². The largest absolute Gasteiger partial charge is 0.507 e. The van der Waals surface area contributed by atoms with Crippen LogP contribution < -0.4 is 9.47 Å². The minimum atomic E-state index is -1.02. The number of nitrogens with zero attached hydrogens (tertiary/aromatic N) is 1. The number of hydrogen-bond acceptors (Lipinski definition) is 7. The molecule has 1 unspecified atom stereocenters. The summed E-state index contributed by atoms with van der Waals surface area (Å²) >= 11 is 0. The summed E-state index contributed by atoms with van der Waals surface area (Å²) in [4.78, 5) is 27.1. The first kappa shape index (κ1) is 23.1. The number of aromatic hydroxyl groups is 1. The fourth-order valence-electron chi connectivity index (χ4n) is 3.63. The van der Waals surface area contributed by atoms with Crippen molar-refractivity contribution < 1.29 is 38.4 Å². The number of likely N-dealkylation sites (tertiary alicyclic amines) is 1. The van der Waals surface area contributed by atoms with Gasteiger partial charge in [-0.3, -0.25) is 9.59 Å². The van der Waals surface area contributed by atoms with Crippen molar-refractivity contribution in [3.8, 4) is 17.2 Å². The van der Waals surface area contributed by atoms with Gasteiger partial charge in [0.15, 0.2) is 11.5 Å². The first-order chi connectivity index (χ1) is 15.3. The maximum atomic E-state index is 13.9. The minimum absolute atomic E-state index is 0.0631. The van der Waals surface area contributed by atoms with Crippen LogP contribution in [0.1, 0.15) is 24.1 Å². The van der Waals surface area contributed by atoms with E-state index in [9.17, 15) is 24.2 Å². The van der Waals surface area contributed by atoms with Crippen molar-refractivity contribution in [3.05, 3.63) is 58.9 Å². The summed E-state index contributed by atoms with van der Waals surface area (Å²) < 4.78 is 29.6. The Labute approximate surface area is 184 Å². The Morgan fingerprint density at radius 3 is 2.53 bits per heavy atom. The van der Waals surface area contributed by atoms with E-state index in [2.05, 4.69) is 0 Å². The number of benzene rings is 2. The van der Waals surface area contributed by atoms with E-state index in [1.165, 1.54) is 43.4 Å². The lowest BCUT2D eigenvalue weighted by Gasteiger charge is -2.25. The number of carbonyl (C=O) groups is 2. The smallest absolute Gasteiger partial charge is 0.295 e.